The van der Waals surface area contributed by atoms with E-state index in [1.165, 1.54) is 0 Å². The third kappa shape index (κ3) is 10.9. The smallest absolute Gasteiger partial charge is 0.0277 e. The molecule has 0 heterocycles. The summed E-state index contributed by atoms with van der Waals surface area (Å²) in [5, 5.41) is 0. The maximum absolute atomic E-state index is 4.74. The number of hydrogen-bond acceptors (Lipinski definition) is 0. The van der Waals surface area contributed by atoms with Gasteiger partial charge in [0.25, 0.3) is 0 Å². The van der Waals surface area contributed by atoms with Crippen molar-refractivity contribution in [3.8, 4) is 0 Å². The van der Waals surface area contributed by atoms with Gasteiger partial charge in [0.05, 0.1) is 0 Å². The Hall–Kier alpha value is 1.17. The first kappa shape index (κ1) is 8.95. The molecule has 0 unspecified atom stereocenters. The Morgan fingerprint density at radius 3 is 1.75 bits per heavy atom. The van der Waals surface area contributed by atoms with Crippen LogP contribution in [-0.2, 0) is 32.7 Å². The standard InChI is InChI=1S/C2H4B.Y/c1-2-3;/h1-2H2;/q-1;. The van der Waals surface area contributed by atoms with Crippen LogP contribution < -0.4 is 0 Å². The minimum absolute atomic E-state index is 0. The van der Waals surface area contributed by atoms with Crippen LogP contribution in [-0.4, -0.2) is 7.85 Å². The molecule has 0 aliphatic carbocycles. The van der Waals surface area contributed by atoms with Gasteiger partial charge in [0.1, 0.15) is 0 Å². The average molecular weight is 128 g/mol. The normalized spacial score (nSPS) is 4.25. The van der Waals surface area contributed by atoms with Crippen LogP contribution in [0.1, 0.15) is 0 Å². The predicted octanol–water partition coefficient (Wildman–Crippen LogP) is 0.405. The van der Waals surface area contributed by atoms with Gasteiger partial charge in [-0.3, -0.25) is 0 Å². The van der Waals surface area contributed by atoms with Crippen molar-refractivity contribution in [2.75, 3.05) is 0 Å². The van der Waals surface area contributed by atoms with Crippen LogP contribution in [0.25, 0.3) is 0 Å². The Morgan fingerprint density at radius 2 is 1.75 bits per heavy atom. The van der Waals surface area contributed by atoms with E-state index in [9.17, 15) is 0 Å². The van der Waals surface area contributed by atoms with Gasteiger partial charge in [0.15, 0.2) is 0 Å². The zero-order valence-corrected chi connectivity index (χ0v) is 5.41. The minimum atomic E-state index is 0. The first-order chi connectivity index (χ1) is 1.41. The first-order valence-electron chi connectivity index (χ1n) is 0.908. The Bertz CT molecular complexity index is 6.00. The molecule has 0 saturated heterocycles. The third-order valence-electron chi connectivity index (χ3n) is 0. The van der Waals surface area contributed by atoms with Crippen molar-refractivity contribution in [3.63, 3.8) is 0 Å². The molecule has 4 heavy (non-hydrogen) atoms. The van der Waals surface area contributed by atoms with Crippen molar-refractivity contribution < 1.29 is 32.7 Å². The van der Waals surface area contributed by atoms with E-state index in [0.717, 1.165) is 0 Å². The summed E-state index contributed by atoms with van der Waals surface area (Å²) < 4.78 is 0. The van der Waals surface area contributed by atoms with Crippen molar-refractivity contribution in [2.45, 2.75) is 6.32 Å². The summed E-state index contributed by atoms with van der Waals surface area (Å²) in [5.41, 5.74) is 0. The predicted molar refractivity (Wildman–Crippen MR) is 15.9 cm³/mol. The zero-order valence-electron chi connectivity index (χ0n) is 2.57. The fraction of sp³-hybridized carbons (Fsp3) is 0.500. The van der Waals surface area contributed by atoms with Gasteiger partial charge in [-0.05, 0) is 0 Å². The topological polar surface area (TPSA) is 0 Å². The molecule has 0 atom stereocenters. The van der Waals surface area contributed by atoms with Crippen molar-refractivity contribution in [3.05, 3.63) is 6.92 Å². The Morgan fingerprint density at radius 1 is 1.75 bits per heavy atom. The van der Waals surface area contributed by atoms with Crippen molar-refractivity contribution >= 4 is 7.85 Å². The van der Waals surface area contributed by atoms with Crippen LogP contribution in [0.15, 0.2) is 0 Å². The molecule has 0 aromatic heterocycles. The van der Waals surface area contributed by atoms with E-state index < -0.39 is 0 Å². The summed E-state index contributed by atoms with van der Waals surface area (Å²) in [4.78, 5) is 0. The van der Waals surface area contributed by atoms with E-state index in [1.807, 2.05) is 0 Å². The molecule has 0 aliphatic heterocycles. The Kier molecular flexibility index (Phi) is 19.9. The molecule has 0 nitrogen and oxygen atoms in total. The first-order valence-corrected chi connectivity index (χ1v) is 0.908. The van der Waals surface area contributed by atoms with Crippen LogP contribution in [0.5, 0.6) is 0 Å². The van der Waals surface area contributed by atoms with Crippen LogP contribution >= 0.6 is 0 Å². The largest absolute Gasteiger partial charge is 0.351 e. The zero-order chi connectivity index (χ0) is 2.71. The van der Waals surface area contributed by atoms with Gasteiger partial charge in [-0.2, -0.15) is 0 Å². The van der Waals surface area contributed by atoms with E-state index in [4.69, 9.17) is 7.85 Å². The molecular formula is C2H4BY-. The quantitative estimate of drug-likeness (QED) is 0.327. The van der Waals surface area contributed by atoms with Gasteiger partial charge in [0.2, 0.25) is 0 Å². The fourth-order valence-electron chi connectivity index (χ4n) is 0. The molecule has 19 valence electrons. The van der Waals surface area contributed by atoms with Gasteiger partial charge in [0, 0.05) is 40.6 Å². The van der Waals surface area contributed by atoms with Gasteiger partial charge in [-0.1, -0.05) is 0 Å². The maximum Gasteiger partial charge on any atom is 0.0277 e. The van der Waals surface area contributed by atoms with Crippen molar-refractivity contribution in [1.29, 1.82) is 0 Å². The maximum atomic E-state index is 4.74. The summed E-state index contributed by atoms with van der Waals surface area (Å²) in [6.45, 7) is 3.26. The molecule has 0 saturated carbocycles. The molecule has 0 rings (SSSR count). The summed E-state index contributed by atoms with van der Waals surface area (Å²) in [7, 11) is 4.74. The summed E-state index contributed by atoms with van der Waals surface area (Å²) in [5.74, 6) is 0. The summed E-state index contributed by atoms with van der Waals surface area (Å²) in [6, 6.07) is 0. The second-order valence-electron chi connectivity index (χ2n) is 0.289. The second-order valence-corrected chi connectivity index (χ2v) is 0.289. The molecule has 0 aromatic rings. The van der Waals surface area contributed by atoms with E-state index in [-0.39, 0.29) is 32.7 Å². The molecule has 0 spiro atoms. The Labute approximate surface area is 53.6 Å². The van der Waals surface area contributed by atoms with Crippen LogP contribution in [0.4, 0.5) is 0 Å². The van der Waals surface area contributed by atoms with Gasteiger partial charge in [-0.25, -0.2) is 6.32 Å². The van der Waals surface area contributed by atoms with Crippen LogP contribution in [0.2, 0.25) is 6.32 Å². The molecule has 0 aliphatic rings. The SMILES string of the molecule is [B]C[CH2-].[Y]. The molecule has 0 bridgehead atoms. The molecular weight excluding hydrogens is 124 g/mol. The van der Waals surface area contributed by atoms with Gasteiger partial charge in [-0.15, -0.1) is 0 Å². The molecule has 3 radical (unpaired) electrons. The second kappa shape index (κ2) is 8.90. The minimum Gasteiger partial charge on any atom is -0.351 e. The molecule has 0 aromatic carbocycles. The fourth-order valence-corrected chi connectivity index (χ4v) is 0. The number of hydrogen-bond donors (Lipinski definition) is 0. The average Bonchev–Trinajstić information content (AvgIpc) is 0.918. The number of rotatable bonds is 0. The van der Waals surface area contributed by atoms with E-state index >= 15 is 0 Å². The molecule has 0 N–H and O–H groups in total. The molecule has 0 amide bonds. The van der Waals surface area contributed by atoms with E-state index in [2.05, 4.69) is 6.92 Å². The summed E-state index contributed by atoms with van der Waals surface area (Å²) >= 11 is 0. The van der Waals surface area contributed by atoms with Crippen molar-refractivity contribution in [2.24, 2.45) is 0 Å². The Balaban J connectivity index is 0. The van der Waals surface area contributed by atoms with Crippen molar-refractivity contribution in [1.82, 2.24) is 0 Å². The summed E-state index contributed by atoms with van der Waals surface area (Å²) in [6.07, 6.45) is 0.500. The monoisotopic (exact) mass is 128 g/mol. The van der Waals surface area contributed by atoms with Crippen LogP contribution in [0.3, 0.4) is 0 Å². The molecule has 0 fully saturated rings. The van der Waals surface area contributed by atoms with Gasteiger partial charge >= 0.3 is 0 Å². The van der Waals surface area contributed by atoms with E-state index in [0.29, 0.717) is 6.32 Å². The third-order valence-corrected chi connectivity index (χ3v) is 0. The molecule has 2 heteroatoms. The van der Waals surface area contributed by atoms with E-state index in [1.54, 1.807) is 0 Å². The van der Waals surface area contributed by atoms with Gasteiger partial charge < -0.3 is 6.92 Å². The van der Waals surface area contributed by atoms with Crippen LogP contribution in [0, 0.1) is 6.92 Å².